The van der Waals surface area contributed by atoms with Crippen LogP contribution in [0.3, 0.4) is 0 Å². The Bertz CT molecular complexity index is 861. The molecular weight excluding hydrogens is 278 g/mol. The van der Waals surface area contributed by atoms with Gasteiger partial charge in [0.05, 0.1) is 23.9 Å². The van der Waals surface area contributed by atoms with Crippen LogP contribution in [0.2, 0.25) is 0 Å². The SMILES string of the molecule is O=C([O-])/C=C/c1ccc(/C=N\n2ncc3ccccc32)cc1. The van der Waals surface area contributed by atoms with E-state index in [1.165, 1.54) is 6.08 Å². The van der Waals surface area contributed by atoms with Gasteiger partial charge in [0.2, 0.25) is 0 Å². The number of aromatic nitrogens is 2. The number of hydrogen-bond acceptors (Lipinski definition) is 4. The molecular formula is C17H12N3O2-. The quantitative estimate of drug-likeness (QED) is 0.542. The number of fused-ring (bicyclic) bond motifs is 1. The van der Waals surface area contributed by atoms with Gasteiger partial charge in [-0.15, -0.1) is 0 Å². The van der Waals surface area contributed by atoms with Crippen LogP contribution < -0.4 is 5.11 Å². The van der Waals surface area contributed by atoms with Gasteiger partial charge in [-0.05, 0) is 23.3 Å². The molecule has 5 nitrogen and oxygen atoms in total. The van der Waals surface area contributed by atoms with Crippen molar-refractivity contribution in [2.75, 3.05) is 0 Å². The molecule has 0 radical (unpaired) electrons. The molecule has 3 aromatic rings. The second kappa shape index (κ2) is 6.05. The molecule has 0 spiro atoms. The number of para-hydroxylation sites is 1. The molecule has 0 unspecified atom stereocenters. The van der Waals surface area contributed by atoms with E-state index in [2.05, 4.69) is 10.2 Å². The van der Waals surface area contributed by atoms with E-state index in [-0.39, 0.29) is 0 Å². The maximum Gasteiger partial charge on any atom is 0.0944 e. The van der Waals surface area contributed by atoms with Crippen LogP contribution in [-0.4, -0.2) is 22.1 Å². The minimum atomic E-state index is -1.21. The predicted molar refractivity (Wildman–Crippen MR) is 83.2 cm³/mol. The Morgan fingerprint density at radius 3 is 2.59 bits per heavy atom. The molecule has 108 valence electrons. The summed E-state index contributed by atoms with van der Waals surface area (Å²) in [7, 11) is 0. The van der Waals surface area contributed by atoms with E-state index in [0.717, 1.165) is 28.1 Å². The number of carboxylic acid groups (broad SMARTS) is 1. The lowest BCUT2D eigenvalue weighted by Gasteiger charge is -1.97. The topological polar surface area (TPSA) is 70.3 Å². The van der Waals surface area contributed by atoms with Crippen molar-refractivity contribution in [1.29, 1.82) is 0 Å². The molecule has 0 aliphatic heterocycles. The Morgan fingerprint density at radius 1 is 1.09 bits per heavy atom. The fourth-order valence-corrected chi connectivity index (χ4v) is 2.03. The van der Waals surface area contributed by atoms with Crippen LogP contribution in [0.15, 0.2) is 65.9 Å². The van der Waals surface area contributed by atoms with E-state index < -0.39 is 5.97 Å². The van der Waals surface area contributed by atoms with Crippen LogP contribution in [0.5, 0.6) is 0 Å². The molecule has 0 aliphatic carbocycles. The highest BCUT2D eigenvalue weighted by molar-refractivity contribution is 5.85. The van der Waals surface area contributed by atoms with E-state index in [9.17, 15) is 9.90 Å². The minimum absolute atomic E-state index is 0.783. The Kier molecular flexibility index (Phi) is 3.78. The highest BCUT2D eigenvalue weighted by Gasteiger charge is 1.98. The number of benzene rings is 2. The van der Waals surface area contributed by atoms with Gasteiger partial charge in [0.1, 0.15) is 0 Å². The van der Waals surface area contributed by atoms with E-state index in [1.807, 2.05) is 48.5 Å². The van der Waals surface area contributed by atoms with Crippen LogP contribution >= 0.6 is 0 Å². The van der Waals surface area contributed by atoms with Crippen molar-refractivity contribution in [3.05, 3.63) is 71.9 Å². The Balaban J connectivity index is 1.79. The Morgan fingerprint density at radius 2 is 1.82 bits per heavy atom. The summed E-state index contributed by atoms with van der Waals surface area (Å²) in [5.41, 5.74) is 2.61. The van der Waals surface area contributed by atoms with Gasteiger partial charge < -0.3 is 9.90 Å². The monoisotopic (exact) mass is 290 g/mol. The van der Waals surface area contributed by atoms with Crippen LogP contribution in [0, 0.1) is 0 Å². The summed E-state index contributed by atoms with van der Waals surface area (Å²) in [6.45, 7) is 0. The molecule has 2 aromatic carbocycles. The largest absolute Gasteiger partial charge is 0.545 e. The predicted octanol–water partition coefficient (Wildman–Crippen LogP) is 1.68. The lowest BCUT2D eigenvalue weighted by atomic mass is 10.1. The number of carbonyl (C=O) groups excluding carboxylic acids is 1. The first-order valence-corrected chi connectivity index (χ1v) is 6.69. The molecule has 0 aliphatic rings. The van der Waals surface area contributed by atoms with Crippen molar-refractivity contribution in [2.24, 2.45) is 5.10 Å². The number of aliphatic carboxylic acids is 1. The van der Waals surface area contributed by atoms with Crippen LogP contribution in [0.1, 0.15) is 11.1 Å². The first kappa shape index (κ1) is 13.8. The van der Waals surface area contributed by atoms with Gasteiger partial charge >= 0.3 is 0 Å². The van der Waals surface area contributed by atoms with Crippen molar-refractivity contribution in [1.82, 2.24) is 9.89 Å². The summed E-state index contributed by atoms with van der Waals surface area (Å²) < 4.78 is 0. The van der Waals surface area contributed by atoms with Gasteiger partial charge in [-0.1, -0.05) is 48.5 Å². The fraction of sp³-hybridized carbons (Fsp3) is 0. The molecule has 0 N–H and O–H groups in total. The first-order chi connectivity index (χ1) is 10.7. The normalized spacial score (nSPS) is 11.6. The molecule has 0 fully saturated rings. The fourth-order valence-electron chi connectivity index (χ4n) is 2.03. The standard InChI is InChI=1S/C17H13N3O2/c21-17(22)10-9-13-5-7-14(8-6-13)11-18-20-16-4-2-1-3-15(16)12-19-20/h1-12H,(H,21,22)/p-1/b10-9+,18-11-. The lowest BCUT2D eigenvalue weighted by molar-refractivity contribution is -0.297. The maximum atomic E-state index is 10.4. The summed E-state index contributed by atoms with van der Waals surface area (Å²) in [6, 6.07) is 15.1. The third kappa shape index (κ3) is 3.09. The third-order valence-corrected chi connectivity index (χ3v) is 3.12. The van der Waals surface area contributed by atoms with E-state index in [4.69, 9.17) is 0 Å². The molecule has 0 bridgehead atoms. The number of carboxylic acids is 1. The summed E-state index contributed by atoms with van der Waals surface area (Å²) in [4.78, 5) is 11.9. The highest BCUT2D eigenvalue weighted by atomic mass is 16.4. The van der Waals surface area contributed by atoms with E-state index in [1.54, 1.807) is 17.2 Å². The van der Waals surface area contributed by atoms with Gasteiger partial charge in [-0.2, -0.15) is 15.0 Å². The van der Waals surface area contributed by atoms with Gasteiger partial charge in [-0.3, -0.25) is 0 Å². The van der Waals surface area contributed by atoms with Gasteiger partial charge in [0.25, 0.3) is 0 Å². The van der Waals surface area contributed by atoms with Gasteiger partial charge in [0.15, 0.2) is 0 Å². The van der Waals surface area contributed by atoms with E-state index in [0.29, 0.717) is 0 Å². The van der Waals surface area contributed by atoms with Crippen LogP contribution in [0.25, 0.3) is 17.0 Å². The number of rotatable bonds is 4. The Labute approximate surface area is 126 Å². The molecule has 3 rings (SSSR count). The number of hydrogen-bond donors (Lipinski definition) is 0. The van der Waals surface area contributed by atoms with Gasteiger partial charge in [0, 0.05) is 5.39 Å². The zero-order valence-corrected chi connectivity index (χ0v) is 11.6. The molecule has 0 saturated heterocycles. The van der Waals surface area contributed by atoms with Crippen LogP contribution in [-0.2, 0) is 4.79 Å². The smallest absolute Gasteiger partial charge is 0.0944 e. The molecule has 1 aromatic heterocycles. The molecule has 5 heteroatoms. The summed E-state index contributed by atoms with van der Waals surface area (Å²) in [5.74, 6) is -1.21. The minimum Gasteiger partial charge on any atom is -0.545 e. The average molecular weight is 290 g/mol. The zero-order chi connectivity index (χ0) is 15.4. The summed E-state index contributed by atoms with van der Waals surface area (Å²) in [6.07, 6.45) is 5.95. The third-order valence-electron chi connectivity index (χ3n) is 3.12. The molecule has 1 heterocycles. The van der Waals surface area contributed by atoms with Crippen molar-refractivity contribution in [3.63, 3.8) is 0 Å². The number of carbonyl (C=O) groups is 1. The van der Waals surface area contributed by atoms with Crippen molar-refractivity contribution in [2.45, 2.75) is 0 Å². The molecule has 0 amide bonds. The van der Waals surface area contributed by atoms with E-state index >= 15 is 0 Å². The van der Waals surface area contributed by atoms with Crippen molar-refractivity contribution < 1.29 is 9.90 Å². The van der Waals surface area contributed by atoms with Crippen LogP contribution in [0.4, 0.5) is 0 Å². The number of nitrogens with zero attached hydrogens (tertiary/aromatic N) is 3. The zero-order valence-electron chi connectivity index (χ0n) is 11.6. The second-order valence-corrected chi connectivity index (χ2v) is 4.66. The highest BCUT2D eigenvalue weighted by Crippen LogP contribution is 2.12. The second-order valence-electron chi connectivity index (χ2n) is 4.66. The average Bonchev–Trinajstić information content (AvgIpc) is 2.95. The lowest BCUT2D eigenvalue weighted by Crippen LogP contribution is -2.18. The van der Waals surface area contributed by atoms with Gasteiger partial charge in [-0.25, -0.2) is 0 Å². The Hall–Kier alpha value is -3.21. The first-order valence-electron chi connectivity index (χ1n) is 6.69. The van der Waals surface area contributed by atoms with Crippen molar-refractivity contribution >= 4 is 29.2 Å². The maximum absolute atomic E-state index is 10.4. The molecule has 22 heavy (non-hydrogen) atoms. The molecule has 0 atom stereocenters. The summed E-state index contributed by atoms with van der Waals surface area (Å²) >= 11 is 0. The summed E-state index contributed by atoms with van der Waals surface area (Å²) in [5, 5.41) is 19.9. The molecule has 0 saturated carbocycles. The van der Waals surface area contributed by atoms with Crippen molar-refractivity contribution in [3.8, 4) is 0 Å².